The predicted octanol–water partition coefficient (Wildman–Crippen LogP) is 3.35. The summed E-state index contributed by atoms with van der Waals surface area (Å²) in [5, 5.41) is 7.81. The first-order valence-corrected chi connectivity index (χ1v) is 10.1. The lowest BCUT2D eigenvalue weighted by Crippen LogP contribution is -2.48. The zero-order valence-corrected chi connectivity index (χ0v) is 16.3. The third kappa shape index (κ3) is 4.17. The maximum absolute atomic E-state index is 12.0. The second kappa shape index (κ2) is 8.18. The van der Waals surface area contributed by atoms with Gasteiger partial charge in [-0.2, -0.15) is 18.6 Å². The number of carbonyl (C=O) groups is 1. The maximum Gasteiger partial charge on any atom is 0.326 e. The number of hydrogen-bond acceptors (Lipinski definition) is 5. The number of hydrogen-bond donors (Lipinski definition) is 1. The highest BCUT2D eigenvalue weighted by atomic mass is 32.2. The molecule has 4 rings (SSSR count). The molecule has 0 saturated carbocycles. The van der Waals surface area contributed by atoms with Crippen LogP contribution in [0, 0.1) is 0 Å². The number of para-hydroxylation sites is 1. The van der Waals surface area contributed by atoms with E-state index in [2.05, 4.69) is 14.9 Å². The minimum atomic E-state index is -3.75. The fourth-order valence-electron chi connectivity index (χ4n) is 2.75. The molecular weight excluding hydrogens is 376 g/mol. The first-order chi connectivity index (χ1) is 13.4. The van der Waals surface area contributed by atoms with Gasteiger partial charge in [0.05, 0.1) is 16.9 Å². The van der Waals surface area contributed by atoms with Gasteiger partial charge in [0.1, 0.15) is 0 Å². The van der Waals surface area contributed by atoms with Gasteiger partial charge in [0, 0.05) is 17.8 Å². The molecule has 1 N–H and O–H groups in total. The van der Waals surface area contributed by atoms with Crippen LogP contribution < -0.4 is 4.72 Å². The number of aromatic nitrogens is 2. The predicted molar refractivity (Wildman–Crippen MR) is 108 cm³/mol. The number of benzene rings is 2. The van der Waals surface area contributed by atoms with Crippen LogP contribution in [-0.4, -0.2) is 34.9 Å². The van der Waals surface area contributed by atoms with E-state index in [4.69, 9.17) is 0 Å². The van der Waals surface area contributed by atoms with Crippen molar-refractivity contribution in [3.05, 3.63) is 78.5 Å². The molecule has 0 spiro atoms. The summed E-state index contributed by atoms with van der Waals surface area (Å²) in [7, 11) is -3.75. The minimum Gasteiger partial charge on any atom is -0.268 e. The van der Waals surface area contributed by atoms with Gasteiger partial charge in [0.2, 0.25) is 0 Å². The summed E-state index contributed by atoms with van der Waals surface area (Å²) < 4.78 is 26.8. The SMILES string of the molecule is CC(C)N1C(=O)c2ccccc2NS1(=O)=O.c1ccc(-c2cccnn2)cc1. The Morgan fingerprint density at radius 3 is 2.25 bits per heavy atom. The molecule has 0 fully saturated rings. The van der Waals surface area contributed by atoms with Crippen LogP contribution in [0.4, 0.5) is 5.69 Å². The third-order valence-electron chi connectivity index (χ3n) is 3.97. The molecule has 28 heavy (non-hydrogen) atoms. The number of amides is 1. The van der Waals surface area contributed by atoms with Crippen LogP contribution in [0.25, 0.3) is 11.3 Å². The third-order valence-corrected chi connectivity index (χ3v) is 5.55. The van der Waals surface area contributed by atoms with E-state index in [1.807, 2.05) is 42.5 Å². The molecule has 3 aromatic rings. The Hall–Kier alpha value is -3.26. The molecule has 0 bridgehead atoms. The molecule has 0 unspecified atom stereocenters. The highest BCUT2D eigenvalue weighted by Gasteiger charge is 2.36. The number of rotatable bonds is 2. The van der Waals surface area contributed by atoms with E-state index in [1.165, 1.54) is 0 Å². The molecular formula is C20H20N4O3S. The van der Waals surface area contributed by atoms with Crippen LogP contribution in [0.1, 0.15) is 24.2 Å². The van der Waals surface area contributed by atoms with Crippen LogP contribution in [0.5, 0.6) is 0 Å². The van der Waals surface area contributed by atoms with Gasteiger partial charge in [-0.25, -0.2) is 4.31 Å². The van der Waals surface area contributed by atoms with Gasteiger partial charge in [-0.05, 0) is 38.1 Å². The fourth-order valence-corrected chi connectivity index (χ4v) is 4.18. The van der Waals surface area contributed by atoms with E-state index < -0.39 is 22.2 Å². The molecule has 144 valence electrons. The highest BCUT2D eigenvalue weighted by molar-refractivity contribution is 7.91. The van der Waals surface area contributed by atoms with E-state index >= 15 is 0 Å². The highest BCUT2D eigenvalue weighted by Crippen LogP contribution is 2.27. The second-order valence-electron chi connectivity index (χ2n) is 6.32. The molecule has 1 aromatic heterocycles. The van der Waals surface area contributed by atoms with E-state index in [1.54, 1.807) is 44.3 Å². The quantitative estimate of drug-likeness (QED) is 0.717. The summed E-state index contributed by atoms with van der Waals surface area (Å²) in [6, 6.07) is 20.0. The number of fused-ring (bicyclic) bond motifs is 1. The van der Waals surface area contributed by atoms with Gasteiger partial charge in [0.15, 0.2) is 0 Å². The van der Waals surface area contributed by atoms with Crippen molar-refractivity contribution in [1.29, 1.82) is 0 Å². The summed E-state index contributed by atoms with van der Waals surface area (Å²) in [5.74, 6) is -0.482. The average molecular weight is 396 g/mol. The molecule has 1 aliphatic heterocycles. The molecule has 2 aromatic carbocycles. The van der Waals surface area contributed by atoms with Crippen molar-refractivity contribution in [2.45, 2.75) is 19.9 Å². The summed E-state index contributed by atoms with van der Waals surface area (Å²) in [6.45, 7) is 3.32. The smallest absolute Gasteiger partial charge is 0.268 e. The Morgan fingerprint density at radius 2 is 1.61 bits per heavy atom. The second-order valence-corrected chi connectivity index (χ2v) is 7.87. The van der Waals surface area contributed by atoms with Crippen molar-refractivity contribution in [1.82, 2.24) is 14.5 Å². The zero-order chi connectivity index (χ0) is 20.1. The van der Waals surface area contributed by atoms with Crippen molar-refractivity contribution in [2.24, 2.45) is 0 Å². The van der Waals surface area contributed by atoms with Crippen LogP contribution >= 0.6 is 0 Å². The van der Waals surface area contributed by atoms with E-state index in [9.17, 15) is 13.2 Å². The van der Waals surface area contributed by atoms with Crippen LogP contribution in [-0.2, 0) is 10.2 Å². The lowest BCUT2D eigenvalue weighted by atomic mass is 10.1. The minimum absolute atomic E-state index is 0.337. The van der Waals surface area contributed by atoms with E-state index in [0.717, 1.165) is 15.6 Å². The summed E-state index contributed by atoms with van der Waals surface area (Å²) >= 11 is 0. The largest absolute Gasteiger partial charge is 0.326 e. The molecule has 0 atom stereocenters. The van der Waals surface area contributed by atoms with Crippen molar-refractivity contribution in [3.63, 3.8) is 0 Å². The number of nitrogens with zero attached hydrogens (tertiary/aromatic N) is 3. The molecule has 0 saturated heterocycles. The standard InChI is InChI=1S/C10H12N2O3S.C10H8N2/c1-7(2)12-10(13)8-5-3-4-6-9(8)11-16(12,14)15;1-2-5-9(6-3-1)10-7-4-8-11-12-10/h3-7,11H,1-2H3;1-8H. The van der Waals surface area contributed by atoms with Gasteiger partial charge in [0.25, 0.3) is 5.91 Å². The average Bonchev–Trinajstić information content (AvgIpc) is 2.69. The molecule has 1 aliphatic rings. The van der Waals surface area contributed by atoms with Crippen molar-refractivity contribution in [2.75, 3.05) is 4.72 Å². The first kappa shape index (κ1) is 19.5. The fraction of sp³-hybridized carbons (Fsp3) is 0.150. The maximum atomic E-state index is 12.0. The summed E-state index contributed by atoms with van der Waals surface area (Å²) in [5.41, 5.74) is 2.74. The summed E-state index contributed by atoms with van der Waals surface area (Å²) in [6.07, 6.45) is 1.67. The Labute approximate surface area is 164 Å². The van der Waals surface area contributed by atoms with Crippen LogP contribution in [0.3, 0.4) is 0 Å². The molecule has 7 nitrogen and oxygen atoms in total. The Balaban J connectivity index is 0.000000167. The molecule has 2 heterocycles. The topological polar surface area (TPSA) is 92.3 Å². The zero-order valence-electron chi connectivity index (χ0n) is 15.5. The number of anilines is 1. The molecule has 0 radical (unpaired) electrons. The Bertz CT molecular complexity index is 1020. The van der Waals surface area contributed by atoms with Gasteiger partial charge in [-0.3, -0.25) is 9.52 Å². The van der Waals surface area contributed by atoms with Gasteiger partial charge in [-0.1, -0.05) is 42.5 Å². The lowest BCUT2D eigenvalue weighted by molar-refractivity contribution is 0.0834. The van der Waals surface area contributed by atoms with Crippen molar-refractivity contribution in [3.8, 4) is 11.3 Å². The van der Waals surface area contributed by atoms with Gasteiger partial charge >= 0.3 is 10.2 Å². The monoisotopic (exact) mass is 396 g/mol. The molecule has 1 amide bonds. The van der Waals surface area contributed by atoms with E-state index in [-0.39, 0.29) is 0 Å². The number of nitrogens with one attached hydrogen (secondary N) is 1. The van der Waals surface area contributed by atoms with E-state index in [0.29, 0.717) is 11.3 Å². The van der Waals surface area contributed by atoms with Crippen molar-refractivity contribution < 1.29 is 13.2 Å². The Morgan fingerprint density at radius 1 is 0.929 bits per heavy atom. The number of carbonyl (C=O) groups excluding carboxylic acids is 1. The van der Waals surface area contributed by atoms with Crippen LogP contribution in [0.15, 0.2) is 72.9 Å². The normalized spacial score (nSPS) is 14.5. The molecule has 8 heteroatoms. The van der Waals surface area contributed by atoms with Crippen molar-refractivity contribution >= 4 is 21.8 Å². The molecule has 0 aliphatic carbocycles. The first-order valence-electron chi connectivity index (χ1n) is 8.69. The van der Waals surface area contributed by atoms with Gasteiger partial charge < -0.3 is 0 Å². The lowest BCUT2D eigenvalue weighted by Gasteiger charge is -2.31. The van der Waals surface area contributed by atoms with Crippen LogP contribution in [0.2, 0.25) is 0 Å². The van der Waals surface area contributed by atoms with Gasteiger partial charge in [-0.15, -0.1) is 0 Å². The summed E-state index contributed by atoms with van der Waals surface area (Å²) in [4.78, 5) is 12.0. The Kier molecular flexibility index (Phi) is 5.70.